The Kier molecular flexibility index (Phi) is 5.94. The summed E-state index contributed by atoms with van der Waals surface area (Å²) in [5.74, 6) is 1.75. The fraction of sp³-hybridized carbons (Fsp3) is 0.833. The van der Waals surface area contributed by atoms with E-state index in [1.165, 1.54) is 0 Å². The minimum absolute atomic E-state index is 0.0103. The average molecular weight is 455 g/mol. The lowest BCUT2D eigenvalue weighted by molar-refractivity contribution is -0.207. The summed E-state index contributed by atoms with van der Waals surface area (Å²) in [6.45, 7) is 17.9. The van der Waals surface area contributed by atoms with Crippen molar-refractivity contribution < 1.29 is 14.4 Å². The fourth-order valence-electron chi connectivity index (χ4n) is 9.29. The molecule has 3 nitrogen and oxygen atoms in total. The van der Waals surface area contributed by atoms with E-state index in [-0.39, 0.29) is 51.0 Å². The van der Waals surface area contributed by atoms with Crippen molar-refractivity contribution in [2.75, 3.05) is 0 Å². The van der Waals surface area contributed by atoms with Crippen molar-refractivity contribution in [1.82, 2.24) is 0 Å². The van der Waals surface area contributed by atoms with Crippen LogP contribution < -0.4 is 0 Å². The van der Waals surface area contributed by atoms with Crippen LogP contribution in [-0.2, 0) is 14.4 Å². The van der Waals surface area contributed by atoms with Crippen LogP contribution in [0.5, 0.6) is 0 Å². The van der Waals surface area contributed by atoms with Gasteiger partial charge in [0, 0.05) is 29.2 Å². The van der Waals surface area contributed by atoms with Crippen molar-refractivity contribution in [2.24, 2.45) is 51.2 Å². The summed E-state index contributed by atoms with van der Waals surface area (Å²) in [7, 11) is 0. The molecule has 0 aromatic heterocycles. The van der Waals surface area contributed by atoms with Gasteiger partial charge in [0.15, 0.2) is 11.6 Å². The van der Waals surface area contributed by atoms with Gasteiger partial charge in [-0.1, -0.05) is 55.4 Å². The van der Waals surface area contributed by atoms with Gasteiger partial charge in [0.1, 0.15) is 5.78 Å². The predicted octanol–water partition coefficient (Wildman–Crippen LogP) is 6.98. The average Bonchev–Trinajstić information content (AvgIpc) is 2.76. The first-order valence-electron chi connectivity index (χ1n) is 13.5. The summed E-state index contributed by atoms with van der Waals surface area (Å²) in [5.41, 5.74) is 0.547. The van der Waals surface area contributed by atoms with E-state index >= 15 is 0 Å². The zero-order valence-electron chi connectivity index (χ0n) is 22.3. The van der Waals surface area contributed by atoms with Crippen LogP contribution >= 0.6 is 0 Å². The molecule has 4 rings (SSSR count). The topological polar surface area (TPSA) is 51.2 Å². The van der Waals surface area contributed by atoms with E-state index < -0.39 is 0 Å². The molecule has 0 heterocycles. The molecule has 4 aliphatic carbocycles. The van der Waals surface area contributed by atoms with Crippen LogP contribution in [0.4, 0.5) is 0 Å². The third-order valence-electron chi connectivity index (χ3n) is 11.7. The second-order valence-electron chi connectivity index (χ2n) is 13.7. The molecule has 0 saturated heterocycles. The van der Waals surface area contributed by atoms with E-state index in [9.17, 15) is 14.4 Å². The highest BCUT2D eigenvalue weighted by Crippen LogP contribution is 2.72. The highest BCUT2D eigenvalue weighted by Gasteiger charge is 2.67. The van der Waals surface area contributed by atoms with Crippen molar-refractivity contribution in [3.63, 3.8) is 0 Å². The first kappa shape index (κ1) is 24.9. The number of fused-ring (bicyclic) bond motifs is 5. The van der Waals surface area contributed by atoms with Crippen LogP contribution in [0.25, 0.3) is 0 Å². The number of carbonyl (C=O) groups is 3. The maximum atomic E-state index is 14.0. The van der Waals surface area contributed by atoms with Gasteiger partial charge in [-0.25, -0.2) is 0 Å². The molecule has 0 amide bonds. The first-order chi connectivity index (χ1) is 15.2. The zero-order chi connectivity index (χ0) is 24.6. The summed E-state index contributed by atoms with van der Waals surface area (Å²) >= 11 is 0. The molecule has 33 heavy (non-hydrogen) atoms. The van der Waals surface area contributed by atoms with Gasteiger partial charge in [0.25, 0.3) is 0 Å². The van der Waals surface area contributed by atoms with Gasteiger partial charge in [0.2, 0.25) is 0 Å². The lowest BCUT2D eigenvalue weighted by atomic mass is 9.34. The maximum Gasteiger partial charge on any atom is 0.162 e. The van der Waals surface area contributed by atoms with Crippen LogP contribution in [0.15, 0.2) is 11.6 Å². The van der Waals surface area contributed by atoms with Crippen molar-refractivity contribution in [1.29, 1.82) is 0 Å². The Morgan fingerprint density at radius 1 is 0.818 bits per heavy atom. The molecule has 0 aromatic carbocycles. The van der Waals surface area contributed by atoms with Crippen molar-refractivity contribution in [2.45, 2.75) is 107 Å². The van der Waals surface area contributed by atoms with Crippen molar-refractivity contribution in [3.8, 4) is 0 Å². The van der Waals surface area contributed by atoms with Gasteiger partial charge in [-0.05, 0) is 85.0 Å². The van der Waals surface area contributed by atoms with Crippen LogP contribution in [0.1, 0.15) is 107 Å². The minimum Gasteiger partial charge on any atom is -0.299 e. The lowest BCUT2D eigenvalue weighted by Crippen LogP contribution is -2.64. The highest BCUT2D eigenvalue weighted by molar-refractivity contribution is 6.05. The number of ketones is 3. The highest BCUT2D eigenvalue weighted by atomic mass is 16.1. The molecular formula is C30H46O3. The second-order valence-corrected chi connectivity index (χ2v) is 13.7. The molecule has 3 fully saturated rings. The predicted molar refractivity (Wildman–Crippen MR) is 133 cm³/mol. The largest absolute Gasteiger partial charge is 0.299 e. The van der Waals surface area contributed by atoms with Crippen LogP contribution in [0.3, 0.4) is 0 Å². The second kappa shape index (κ2) is 7.89. The summed E-state index contributed by atoms with van der Waals surface area (Å²) in [6.07, 6.45) is 9.30. The van der Waals surface area contributed by atoms with Crippen molar-refractivity contribution >= 4 is 17.3 Å². The molecule has 0 radical (unpaired) electrons. The Morgan fingerprint density at radius 2 is 1.45 bits per heavy atom. The third-order valence-corrected chi connectivity index (χ3v) is 11.7. The Bertz CT molecular complexity index is 894. The van der Waals surface area contributed by atoms with Crippen molar-refractivity contribution in [3.05, 3.63) is 11.6 Å². The molecule has 0 spiro atoms. The van der Waals surface area contributed by atoms with E-state index in [4.69, 9.17) is 0 Å². The van der Waals surface area contributed by atoms with Gasteiger partial charge in [-0.2, -0.15) is 0 Å². The van der Waals surface area contributed by atoms with E-state index in [1.807, 2.05) is 6.92 Å². The first-order valence-corrected chi connectivity index (χ1v) is 13.5. The normalized spacial score (nSPS) is 45.8. The molecule has 184 valence electrons. The monoisotopic (exact) mass is 454 g/mol. The molecule has 0 N–H and O–H groups in total. The Balaban J connectivity index is 1.80. The van der Waals surface area contributed by atoms with Crippen LogP contribution in [0, 0.1) is 51.2 Å². The van der Waals surface area contributed by atoms with Gasteiger partial charge >= 0.3 is 0 Å². The molecule has 7 atom stereocenters. The molecule has 0 aliphatic heterocycles. The molecule has 0 bridgehead atoms. The third kappa shape index (κ3) is 3.38. The standard InChI is InChI=1S/C30H46O3/c1-18(2)20-17-22(31)19(3)11-15-29(7)21(26(20)33)9-10-24-28(6)14-13-25(32)27(4,5)23(28)12-16-30(24,29)8/h17-19,21,23-24H,9-16H2,1-8H3. The summed E-state index contributed by atoms with van der Waals surface area (Å²) < 4.78 is 0. The van der Waals surface area contributed by atoms with E-state index in [0.29, 0.717) is 24.0 Å². The number of rotatable bonds is 1. The Labute approximate surface area is 201 Å². The molecule has 4 aliphatic rings. The molecule has 7 unspecified atom stereocenters. The Morgan fingerprint density at radius 3 is 2.09 bits per heavy atom. The molecule has 0 aromatic rings. The fourth-order valence-corrected chi connectivity index (χ4v) is 9.29. The smallest absolute Gasteiger partial charge is 0.162 e. The number of allylic oxidation sites excluding steroid dienone is 2. The van der Waals surface area contributed by atoms with Crippen LogP contribution in [-0.4, -0.2) is 17.3 Å². The molecule has 3 heteroatoms. The van der Waals surface area contributed by atoms with E-state index in [1.54, 1.807) is 6.08 Å². The zero-order valence-corrected chi connectivity index (χ0v) is 22.3. The number of Topliss-reactive ketones (excluding diaryl/α,β-unsaturated/α-hetero) is 2. The van der Waals surface area contributed by atoms with Gasteiger partial charge in [0.05, 0.1) is 0 Å². The SMILES string of the molecule is CC(C)C1=CC(=O)C(C)CCC2(C)C(CCC3C4(C)CCC(=O)C(C)(C)C4CCC32C)C1=O. The van der Waals surface area contributed by atoms with Crippen LogP contribution in [0.2, 0.25) is 0 Å². The number of carbonyl (C=O) groups excluding carboxylic acids is 3. The van der Waals surface area contributed by atoms with E-state index in [0.717, 1.165) is 50.5 Å². The summed E-state index contributed by atoms with van der Waals surface area (Å²) in [6, 6.07) is 0. The minimum atomic E-state index is -0.255. The lowest BCUT2D eigenvalue weighted by Gasteiger charge is -2.69. The number of hydrogen-bond donors (Lipinski definition) is 0. The van der Waals surface area contributed by atoms with E-state index in [2.05, 4.69) is 48.5 Å². The Hall–Kier alpha value is -1.25. The number of hydrogen-bond acceptors (Lipinski definition) is 3. The molecule has 3 saturated carbocycles. The quantitative estimate of drug-likeness (QED) is 0.429. The van der Waals surface area contributed by atoms with Gasteiger partial charge in [-0.3, -0.25) is 14.4 Å². The van der Waals surface area contributed by atoms with Gasteiger partial charge < -0.3 is 0 Å². The maximum absolute atomic E-state index is 14.0. The van der Waals surface area contributed by atoms with Gasteiger partial charge in [-0.15, -0.1) is 0 Å². The molecular weight excluding hydrogens is 408 g/mol. The summed E-state index contributed by atoms with van der Waals surface area (Å²) in [4.78, 5) is 39.9. The summed E-state index contributed by atoms with van der Waals surface area (Å²) in [5, 5.41) is 0.